The molecule has 5 nitrogen and oxygen atoms in total. The molecule has 0 aromatic carbocycles. The molecule has 0 saturated heterocycles. The third-order valence-corrected chi connectivity index (χ3v) is 3.54. The van der Waals surface area contributed by atoms with Crippen molar-refractivity contribution in [2.75, 3.05) is 17.2 Å². The smallest absolute Gasteiger partial charge is 0.274 e. The van der Waals surface area contributed by atoms with Crippen molar-refractivity contribution in [3.05, 3.63) is 11.9 Å². The van der Waals surface area contributed by atoms with Crippen LogP contribution in [0.1, 0.15) is 37.7 Å². The number of thioether (sulfide) groups is 1. The average Bonchev–Trinajstić information content (AvgIpc) is 2.71. The van der Waals surface area contributed by atoms with Crippen LogP contribution in [0.3, 0.4) is 0 Å². The van der Waals surface area contributed by atoms with Gasteiger partial charge in [-0.25, -0.2) is 0 Å². The number of carbonyl (C=O) groups is 1. The Morgan fingerprint density at radius 1 is 1.61 bits per heavy atom. The van der Waals surface area contributed by atoms with Crippen LogP contribution in [0.5, 0.6) is 0 Å². The Morgan fingerprint density at radius 2 is 2.33 bits per heavy atom. The average molecular weight is 270 g/mol. The van der Waals surface area contributed by atoms with E-state index in [0.29, 0.717) is 17.9 Å². The van der Waals surface area contributed by atoms with E-state index in [0.717, 1.165) is 17.9 Å². The van der Waals surface area contributed by atoms with Crippen LogP contribution in [0.2, 0.25) is 0 Å². The summed E-state index contributed by atoms with van der Waals surface area (Å²) in [4.78, 5) is 12.0. The fourth-order valence-electron chi connectivity index (χ4n) is 1.54. The van der Waals surface area contributed by atoms with Crippen molar-refractivity contribution < 1.29 is 4.79 Å². The number of hydrogen-bond acceptors (Lipinski definition) is 4. The van der Waals surface area contributed by atoms with E-state index in [1.165, 1.54) is 0 Å². The highest BCUT2D eigenvalue weighted by Gasteiger charge is 2.16. The summed E-state index contributed by atoms with van der Waals surface area (Å²) in [5.74, 6) is 1.97. The molecule has 1 rings (SSSR count). The van der Waals surface area contributed by atoms with Crippen LogP contribution < -0.4 is 11.1 Å². The molecular formula is C12H22N4OS. The molecule has 0 spiro atoms. The van der Waals surface area contributed by atoms with E-state index in [1.807, 2.05) is 25.6 Å². The first-order chi connectivity index (χ1) is 8.58. The van der Waals surface area contributed by atoms with Crippen LogP contribution in [-0.2, 0) is 6.54 Å². The molecule has 1 aromatic rings. The third-order valence-electron chi connectivity index (χ3n) is 2.61. The van der Waals surface area contributed by atoms with E-state index in [-0.39, 0.29) is 11.9 Å². The van der Waals surface area contributed by atoms with Crippen molar-refractivity contribution in [1.29, 1.82) is 0 Å². The van der Waals surface area contributed by atoms with Crippen molar-refractivity contribution >= 4 is 23.4 Å². The van der Waals surface area contributed by atoms with Gasteiger partial charge in [-0.2, -0.15) is 16.9 Å². The lowest BCUT2D eigenvalue weighted by molar-refractivity contribution is 0.0934. The van der Waals surface area contributed by atoms with Crippen LogP contribution in [0.4, 0.5) is 5.69 Å². The lowest BCUT2D eigenvalue weighted by atomic mass is 10.2. The zero-order valence-electron chi connectivity index (χ0n) is 11.3. The van der Waals surface area contributed by atoms with Gasteiger partial charge >= 0.3 is 0 Å². The summed E-state index contributed by atoms with van der Waals surface area (Å²) in [7, 11) is 0. The molecule has 1 heterocycles. The summed E-state index contributed by atoms with van der Waals surface area (Å²) in [6.45, 7) is 6.80. The Balaban J connectivity index is 2.51. The quantitative estimate of drug-likeness (QED) is 0.740. The minimum atomic E-state index is -0.186. The van der Waals surface area contributed by atoms with Gasteiger partial charge in [0.2, 0.25) is 0 Å². The van der Waals surface area contributed by atoms with Gasteiger partial charge in [0.25, 0.3) is 5.91 Å². The fourth-order valence-corrected chi connectivity index (χ4v) is 2.35. The summed E-state index contributed by atoms with van der Waals surface area (Å²) in [6.07, 6.45) is 2.64. The molecule has 0 aliphatic carbocycles. The van der Waals surface area contributed by atoms with Crippen LogP contribution in [-0.4, -0.2) is 33.2 Å². The predicted octanol–water partition coefficient (Wildman–Crippen LogP) is 1.75. The van der Waals surface area contributed by atoms with Crippen LogP contribution >= 0.6 is 11.8 Å². The van der Waals surface area contributed by atoms with Crippen LogP contribution in [0.25, 0.3) is 0 Å². The summed E-state index contributed by atoms with van der Waals surface area (Å²) >= 11 is 1.87. The molecule has 1 unspecified atom stereocenters. The summed E-state index contributed by atoms with van der Waals surface area (Å²) in [5.41, 5.74) is 6.53. The lowest BCUT2D eigenvalue weighted by Gasteiger charge is -2.12. The molecule has 0 bridgehead atoms. The second-order valence-electron chi connectivity index (χ2n) is 4.15. The Kier molecular flexibility index (Phi) is 6.04. The molecule has 0 aliphatic rings. The summed E-state index contributed by atoms with van der Waals surface area (Å²) < 4.78 is 1.67. The standard InChI is InChI=1S/C12H22N4OS/c1-4-16-8-10(13)11(15-16)12(17)14-9(3)6-7-18-5-2/h8-9H,4-7,13H2,1-3H3,(H,14,17). The Hall–Kier alpha value is -1.17. The highest BCUT2D eigenvalue weighted by atomic mass is 32.2. The molecule has 0 saturated carbocycles. The van der Waals surface area contributed by atoms with Gasteiger partial charge in [0.15, 0.2) is 5.69 Å². The summed E-state index contributed by atoms with van der Waals surface area (Å²) in [5, 5.41) is 7.08. The molecule has 1 amide bonds. The van der Waals surface area contributed by atoms with E-state index in [2.05, 4.69) is 17.3 Å². The Morgan fingerprint density at radius 3 is 2.89 bits per heavy atom. The predicted molar refractivity (Wildman–Crippen MR) is 76.9 cm³/mol. The normalized spacial score (nSPS) is 12.4. The topological polar surface area (TPSA) is 72.9 Å². The number of nitrogens with one attached hydrogen (secondary N) is 1. The molecular weight excluding hydrogens is 248 g/mol. The molecule has 1 atom stereocenters. The second-order valence-corrected chi connectivity index (χ2v) is 5.54. The first-order valence-corrected chi connectivity index (χ1v) is 7.45. The van der Waals surface area contributed by atoms with E-state index >= 15 is 0 Å². The number of aryl methyl sites for hydroxylation is 1. The zero-order chi connectivity index (χ0) is 13.5. The first-order valence-electron chi connectivity index (χ1n) is 6.30. The number of hydrogen-bond donors (Lipinski definition) is 2. The lowest BCUT2D eigenvalue weighted by Crippen LogP contribution is -2.33. The van der Waals surface area contributed by atoms with Crippen molar-refractivity contribution in [2.45, 2.75) is 39.8 Å². The SMILES string of the molecule is CCSCCC(C)NC(=O)c1nn(CC)cc1N. The molecule has 102 valence electrons. The van der Waals surface area contributed by atoms with Gasteiger partial charge in [-0.3, -0.25) is 9.48 Å². The van der Waals surface area contributed by atoms with Crippen LogP contribution in [0, 0.1) is 0 Å². The van der Waals surface area contributed by atoms with Crippen molar-refractivity contribution in [3.63, 3.8) is 0 Å². The van der Waals surface area contributed by atoms with Gasteiger partial charge in [-0.1, -0.05) is 6.92 Å². The van der Waals surface area contributed by atoms with E-state index in [1.54, 1.807) is 10.9 Å². The zero-order valence-corrected chi connectivity index (χ0v) is 12.1. The summed E-state index contributed by atoms with van der Waals surface area (Å²) in [6, 6.07) is 0.141. The number of nitrogens with zero attached hydrogens (tertiary/aromatic N) is 2. The van der Waals surface area contributed by atoms with Gasteiger partial charge in [0, 0.05) is 18.8 Å². The first kappa shape index (κ1) is 14.9. The number of rotatable bonds is 7. The minimum Gasteiger partial charge on any atom is -0.396 e. The molecule has 18 heavy (non-hydrogen) atoms. The van der Waals surface area contributed by atoms with Crippen LogP contribution in [0.15, 0.2) is 6.20 Å². The molecule has 0 radical (unpaired) electrons. The largest absolute Gasteiger partial charge is 0.396 e. The molecule has 1 aromatic heterocycles. The minimum absolute atomic E-state index is 0.141. The molecule has 3 N–H and O–H groups in total. The highest BCUT2D eigenvalue weighted by Crippen LogP contribution is 2.10. The fraction of sp³-hybridized carbons (Fsp3) is 0.667. The number of aromatic nitrogens is 2. The van der Waals surface area contributed by atoms with Gasteiger partial charge < -0.3 is 11.1 Å². The molecule has 0 fully saturated rings. The monoisotopic (exact) mass is 270 g/mol. The highest BCUT2D eigenvalue weighted by molar-refractivity contribution is 7.99. The Bertz CT molecular complexity index is 391. The van der Waals surface area contributed by atoms with Gasteiger partial charge in [-0.15, -0.1) is 0 Å². The maximum absolute atomic E-state index is 12.0. The van der Waals surface area contributed by atoms with Gasteiger partial charge in [0.1, 0.15) is 0 Å². The van der Waals surface area contributed by atoms with Crippen molar-refractivity contribution in [2.24, 2.45) is 0 Å². The number of carbonyl (C=O) groups excluding carboxylic acids is 1. The number of amides is 1. The maximum Gasteiger partial charge on any atom is 0.274 e. The van der Waals surface area contributed by atoms with E-state index in [4.69, 9.17) is 5.73 Å². The number of nitrogen functional groups attached to an aromatic ring is 1. The van der Waals surface area contributed by atoms with E-state index in [9.17, 15) is 4.79 Å². The molecule has 6 heteroatoms. The van der Waals surface area contributed by atoms with Crippen molar-refractivity contribution in [1.82, 2.24) is 15.1 Å². The van der Waals surface area contributed by atoms with Crippen molar-refractivity contribution in [3.8, 4) is 0 Å². The number of nitrogens with two attached hydrogens (primary N) is 1. The third kappa shape index (κ3) is 4.25. The van der Waals surface area contributed by atoms with Gasteiger partial charge in [-0.05, 0) is 31.8 Å². The number of anilines is 1. The molecule has 0 aliphatic heterocycles. The van der Waals surface area contributed by atoms with Gasteiger partial charge in [0.05, 0.1) is 5.69 Å². The Labute approximate surface area is 112 Å². The maximum atomic E-state index is 12.0. The van der Waals surface area contributed by atoms with E-state index < -0.39 is 0 Å². The second kappa shape index (κ2) is 7.31.